The Bertz CT molecular complexity index is 1240. The third-order valence-corrected chi connectivity index (χ3v) is 7.51. The Morgan fingerprint density at radius 2 is 1.82 bits per heavy atom. The van der Waals surface area contributed by atoms with E-state index in [1.54, 1.807) is 31.2 Å². The number of nitrogens with one attached hydrogen (secondary N) is 1. The fourth-order valence-corrected chi connectivity index (χ4v) is 5.29. The monoisotopic (exact) mass is 472 g/mol. The predicted octanol–water partition coefficient (Wildman–Crippen LogP) is 2.86. The summed E-state index contributed by atoms with van der Waals surface area (Å²) in [5.74, 6) is -0.336. The summed E-state index contributed by atoms with van der Waals surface area (Å²) in [6.07, 6.45) is 3.46. The van der Waals surface area contributed by atoms with Crippen LogP contribution in [0, 0.1) is 12.7 Å². The number of rotatable bonds is 7. The number of benzene rings is 2. The van der Waals surface area contributed by atoms with Crippen molar-refractivity contribution in [3.8, 4) is 5.69 Å². The molecule has 3 aromatic rings. The molecule has 1 N–H and O–H groups in total. The van der Waals surface area contributed by atoms with Gasteiger partial charge in [0.15, 0.2) is 5.82 Å². The molecule has 0 spiro atoms. The summed E-state index contributed by atoms with van der Waals surface area (Å²) in [5, 5.41) is 13.8. The molecule has 0 saturated carbocycles. The predicted molar refractivity (Wildman–Crippen MR) is 120 cm³/mol. The standard InChI is InChI=1S/C22H25FN6O3S/c1-16-25-26-27-29(16)21-15-18(8-11-20(21)23)24-22(30)12-7-17-5-9-19(10-6-17)33(31,32)28-13-3-2-4-14-28/h5-6,8-11,15H,2-4,7,12-14H2,1H3,(H,24,30). The highest BCUT2D eigenvalue weighted by molar-refractivity contribution is 7.89. The average Bonchev–Trinajstić information content (AvgIpc) is 3.25. The van der Waals surface area contributed by atoms with Gasteiger partial charge < -0.3 is 5.32 Å². The van der Waals surface area contributed by atoms with Gasteiger partial charge in [-0.3, -0.25) is 4.79 Å². The molecule has 0 unspecified atom stereocenters. The van der Waals surface area contributed by atoms with Crippen LogP contribution < -0.4 is 5.32 Å². The molecule has 4 rings (SSSR count). The summed E-state index contributed by atoms with van der Waals surface area (Å²) in [7, 11) is -3.47. The second-order valence-electron chi connectivity index (χ2n) is 7.96. The number of amides is 1. The van der Waals surface area contributed by atoms with Crippen LogP contribution in [0.1, 0.15) is 37.1 Å². The second kappa shape index (κ2) is 9.75. The summed E-state index contributed by atoms with van der Waals surface area (Å²) < 4.78 is 42.5. The maximum absolute atomic E-state index is 14.2. The van der Waals surface area contributed by atoms with Crippen molar-refractivity contribution in [3.63, 3.8) is 0 Å². The summed E-state index contributed by atoms with van der Waals surface area (Å²) in [6, 6.07) is 10.8. The molecular weight excluding hydrogens is 447 g/mol. The van der Waals surface area contributed by atoms with Crippen LogP contribution in [-0.2, 0) is 21.2 Å². The molecule has 1 aliphatic heterocycles. The molecule has 33 heavy (non-hydrogen) atoms. The van der Waals surface area contributed by atoms with Gasteiger partial charge in [-0.1, -0.05) is 18.6 Å². The van der Waals surface area contributed by atoms with Gasteiger partial charge in [0.1, 0.15) is 11.5 Å². The number of tetrazole rings is 1. The Kier molecular flexibility index (Phi) is 6.80. The number of anilines is 1. The quantitative estimate of drug-likeness (QED) is 0.566. The van der Waals surface area contributed by atoms with Gasteiger partial charge in [-0.2, -0.15) is 8.99 Å². The lowest BCUT2D eigenvalue weighted by Crippen LogP contribution is -2.35. The van der Waals surface area contributed by atoms with Crippen LogP contribution in [0.15, 0.2) is 47.4 Å². The van der Waals surface area contributed by atoms with Gasteiger partial charge in [0.2, 0.25) is 15.9 Å². The number of hydrogen-bond donors (Lipinski definition) is 1. The lowest BCUT2D eigenvalue weighted by Gasteiger charge is -2.25. The molecule has 1 fully saturated rings. The van der Waals surface area contributed by atoms with Crippen molar-refractivity contribution >= 4 is 21.6 Å². The minimum Gasteiger partial charge on any atom is -0.326 e. The molecule has 2 aromatic carbocycles. The number of aromatic nitrogens is 4. The number of aryl methyl sites for hydroxylation is 2. The highest BCUT2D eigenvalue weighted by atomic mass is 32.2. The first-order valence-corrected chi connectivity index (χ1v) is 12.2. The Morgan fingerprint density at radius 1 is 1.09 bits per heavy atom. The molecule has 0 radical (unpaired) electrons. The van der Waals surface area contributed by atoms with Crippen molar-refractivity contribution in [3.05, 3.63) is 59.7 Å². The van der Waals surface area contributed by atoms with Gasteiger partial charge in [0, 0.05) is 25.2 Å². The molecule has 1 saturated heterocycles. The first kappa shape index (κ1) is 23.0. The fourth-order valence-electron chi connectivity index (χ4n) is 3.77. The molecule has 1 amide bonds. The van der Waals surface area contributed by atoms with E-state index < -0.39 is 15.8 Å². The summed E-state index contributed by atoms with van der Waals surface area (Å²) in [4.78, 5) is 12.7. The Labute approximate surface area is 191 Å². The number of hydrogen-bond acceptors (Lipinski definition) is 6. The zero-order valence-electron chi connectivity index (χ0n) is 18.2. The van der Waals surface area contributed by atoms with Crippen LogP contribution in [0.5, 0.6) is 0 Å². The lowest BCUT2D eigenvalue weighted by molar-refractivity contribution is -0.116. The first-order valence-electron chi connectivity index (χ1n) is 10.8. The summed E-state index contributed by atoms with van der Waals surface area (Å²) in [6.45, 7) is 2.76. The van der Waals surface area contributed by atoms with Crippen LogP contribution in [0.4, 0.5) is 10.1 Å². The SMILES string of the molecule is Cc1nnnn1-c1cc(NC(=O)CCc2ccc(S(=O)(=O)N3CCCCC3)cc2)ccc1F. The zero-order chi connectivity index (χ0) is 23.4. The van der Waals surface area contributed by atoms with E-state index in [-0.39, 0.29) is 22.9 Å². The maximum atomic E-state index is 14.2. The van der Waals surface area contributed by atoms with Gasteiger partial charge in [-0.15, -0.1) is 5.10 Å². The van der Waals surface area contributed by atoms with Gasteiger partial charge in [0.05, 0.1) is 4.90 Å². The van der Waals surface area contributed by atoms with E-state index in [2.05, 4.69) is 20.8 Å². The van der Waals surface area contributed by atoms with Crippen molar-refractivity contribution in [2.24, 2.45) is 0 Å². The molecule has 1 aliphatic rings. The zero-order valence-corrected chi connectivity index (χ0v) is 19.1. The van der Waals surface area contributed by atoms with E-state index in [9.17, 15) is 17.6 Å². The molecule has 1 aromatic heterocycles. The molecule has 2 heterocycles. The van der Waals surface area contributed by atoms with Crippen LogP contribution in [0.2, 0.25) is 0 Å². The number of sulfonamides is 1. The molecule has 0 atom stereocenters. The van der Waals surface area contributed by atoms with Crippen LogP contribution >= 0.6 is 0 Å². The van der Waals surface area contributed by atoms with Gasteiger partial charge in [0.25, 0.3) is 0 Å². The van der Waals surface area contributed by atoms with Gasteiger partial charge in [-0.25, -0.2) is 12.8 Å². The van der Waals surface area contributed by atoms with Crippen molar-refractivity contribution < 1.29 is 17.6 Å². The first-order chi connectivity index (χ1) is 15.8. The summed E-state index contributed by atoms with van der Waals surface area (Å²) in [5.41, 5.74) is 1.42. The van der Waals surface area contributed by atoms with Crippen LogP contribution in [-0.4, -0.2) is 51.9 Å². The normalized spacial score (nSPS) is 14.8. The van der Waals surface area contributed by atoms with Crippen LogP contribution in [0.3, 0.4) is 0 Å². The van der Waals surface area contributed by atoms with Gasteiger partial charge >= 0.3 is 0 Å². The minimum atomic E-state index is -3.47. The number of piperidine rings is 1. The molecule has 0 bridgehead atoms. The van der Waals surface area contributed by atoms with Crippen molar-refractivity contribution in [1.29, 1.82) is 0 Å². The summed E-state index contributed by atoms with van der Waals surface area (Å²) >= 11 is 0. The molecule has 11 heteroatoms. The number of nitrogens with zero attached hydrogens (tertiary/aromatic N) is 5. The van der Waals surface area contributed by atoms with Crippen molar-refractivity contribution in [2.45, 2.75) is 43.9 Å². The Balaban J connectivity index is 1.36. The fraction of sp³-hybridized carbons (Fsp3) is 0.364. The van der Waals surface area contributed by atoms with E-state index in [0.717, 1.165) is 24.8 Å². The Hall–Kier alpha value is -3.18. The molecule has 174 valence electrons. The smallest absolute Gasteiger partial charge is 0.243 e. The molecule has 0 aliphatic carbocycles. The number of carbonyl (C=O) groups is 1. The highest BCUT2D eigenvalue weighted by Gasteiger charge is 2.25. The number of halogens is 1. The second-order valence-corrected chi connectivity index (χ2v) is 9.90. The largest absolute Gasteiger partial charge is 0.326 e. The third kappa shape index (κ3) is 5.25. The topological polar surface area (TPSA) is 110 Å². The van der Waals surface area contributed by atoms with E-state index in [1.807, 2.05) is 0 Å². The molecular formula is C22H25FN6O3S. The maximum Gasteiger partial charge on any atom is 0.243 e. The van der Waals surface area contributed by atoms with Crippen molar-refractivity contribution in [1.82, 2.24) is 24.5 Å². The molecule has 9 nitrogen and oxygen atoms in total. The number of carbonyl (C=O) groups excluding carboxylic acids is 1. The average molecular weight is 473 g/mol. The Morgan fingerprint density at radius 3 is 2.48 bits per heavy atom. The van der Waals surface area contributed by atoms with Gasteiger partial charge in [-0.05, 0) is 72.5 Å². The van der Waals surface area contributed by atoms with E-state index >= 15 is 0 Å². The highest BCUT2D eigenvalue weighted by Crippen LogP contribution is 2.22. The van der Waals surface area contributed by atoms with Crippen molar-refractivity contribution in [2.75, 3.05) is 18.4 Å². The van der Waals surface area contributed by atoms with E-state index in [0.29, 0.717) is 31.0 Å². The third-order valence-electron chi connectivity index (χ3n) is 5.60. The minimum absolute atomic E-state index is 0.140. The van der Waals surface area contributed by atoms with E-state index in [1.165, 1.54) is 27.2 Å². The van der Waals surface area contributed by atoms with Crippen LogP contribution in [0.25, 0.3) is 5.69 Å². The van der Waals surface area contributed by atoms with E-state index in [4.69, 9.17) is 0 Å². The lowest BCUT2D eigenvalue weighted by atomic mass is 10.1.